The van der Waals surface area contributed by atoms with Gasteiger partial charge >= 0.3 is 0 Å². The van der Waals surface area contributed by atoms with Gasteiger partial charge in [-0.1, -0.05) is 36.4 Å². The van der Waals surface area contributed by atoms with Crippen molar-refractivity contribution in [2.75, 3.05) is 0 Å². The third kappa shape index (κ3) is 1.47. The molecule has 0 saturated carbocycles. The fourth-order valence-corrected chi connectivity index (χ4v) is 1.53. The molecule has 0 fully saturated rings. The smallest absolute Gasteiger partial charge is 0.135 e. The third-order valence-corrected chi connectivity index (χ3v) is 2.24. The summed E-state index contributed by atoms with van der Waals surface area (Å²) in [5.74, 6) is 4.96. The molecular formula is C11H11FN2. The lowest BCUT2D eigenvalue weighted by Gasteiger charge is -2.05. The molecule has 14 heavy (non-hydrogen) atoms. The van der Waals surface area contributed by atoms with Gasteiger partial charge in [-0.2, -0.15) is 0 Å². The summed E-state index contributed by atoms with van der Waals surface area (Å²) in [6.07, 6.45) is 0. The summed E-state index contributed by atoms with van der Waals surface area (Å²) in [5, 5.41) is 1.55. The van der Waals surface area contributed by atoms with Gasteiger partial charge in [-0.05, 0) is 5.39 Å². The summed E-state index contributed by atoms with van der Waals surface area (Å²) < 4.78 is 13.8. The van der Waals surface area contributed by atoms with Crippen LogP contribution in [0.15, 0.2) is 36.4 Å². The number of hydrazine groups is 1. The van der Waals surface area contributed by atoms with E-state index in [0.717, 1.165) is 5.39 Å². The molecule has 3 heteroatoms. The maximum Gasteiger partial charge on any atom is 0.135 e. The molecule has 0 bridgehead atoms. The molecular weight excluding hydrogens is 179 g/mol. The molecule has 0 heterocycles. The van der Waals surface area contributed by atoms with Gasteiger partial charge in [-0.15, -0.1) is 0 Å². The van der Waals surface area contributed by atoms with E-state index in [9.17, 15) is 4.39 Å². The van der Waals surface area contributed by atoms with Crippen LogP contribution in [-0.2, 0) is 6.54 Å². The highest BCUT2D eigenvalue weighted by atomic mass is 19.1. The SMILES string of the molecule is NNCc1ccc2ccccc2c1F. The van der Waals surface area contributed by atoms with E-state index in [1.54, 1.807) is 12.1 Å². The van der Waals surface area contributed by atoms with Crippen molar-refractivity contribution in [3.05, 3.63) is 47.8 Å². The van der Waals surface area contributed by atoms with Crippen molar-refractivity contribution in [1.82, 2.24) is 5.43 Å². The van der Waals surface area contributed by atoms with Crippen molar-refractivity contribution in [3.63, 3.8) is 0 Å². The first-order valence-electron chi connectivity index (χ1n) is 4.42. The molecule has 72 valence electrons. The van der Waals surface area contributed by atoms with Crippen molar-refractivity contribution in [2.45, 2.75) is 6.54 Å². The van der Waals surface area contributed by atoms with E-state index in [-0.39, 0.29) is 5.82 Å². The molecule has 0 aliphatic rings. The first-order chi connectivity index (χ1) is 6.83. The van der Waals surface area contributed by atoms with Crippen molar-refractivity contribution < 1.29 is 4.39 Å². The van der Waals surface area contributed by atoms with Crippen molar-refractivity contribution in [3.8, 4) is 0 Å². The Kier molecular flexibility index (Phi) is 2.43. The zero-order chi connectivity index (χ0) is 9.97. The van der Waals surface area contributed by atoms with Gasteiger partial charge in [0.2, 0.25) is 0 Å². The summed E-state index contributed by atoms with van der Waals surface area (Å²) in [7, 11) is 0. The Morgan fingerprint density at radius 1 is 1.14 bits per heavy atom. The monoisotopic (exact) mass is 190 g/mol. The van der Waals surface area contributed by atoms with E-state index < -0.39 is 0 Å². The minimum Gasteiger partial charge on any atom is -0.271 e. The van der Waals surface area contributed by atoms with Crippen LogP contribution in [0.25, 0.3) is 10.8 Å². The molecule has 2 aromatic rings. The van der Waals surface area contributed by atoms with Gasteiger partial charge < -0.3 is 0 Å². The average Bonchev–Trinajstić information content (AvgIpc) is 2.23. The molecule has 0 radical (unpaired) electrons. The quantitative estimate of drug-likeness (QED) is 0.561. The predicted molar refractivity (Wildman–Crippen MR) is 54.9 cm³/mol. The molecule has 2 nitrogen and oxygen atoms in total. The van der Waals surface area contributed by atoms with Crippen LogP contribution >= 0.6 is 0 Å². The molecule has 3 N–H and O–H groups in total. The Balaban J connectivity index is 2.63. The average molecular weight is 190 g/mol. The van der Waals surface area contributed by atoms with Gasteiger partial charge in [0.1, 0.15) is 5.82 Å². The number of nitrogens with two attached hydrogens (primary N) is 1. The number of hydrogen-bond donors (Lipinski definition) is 2. The fourth-order valence-electron chi connectivity index (χ4n) is 1.53. The summed E-state index contributed by atoms with van der Waals surface area (Å²) in [6, 6.07) is 11.0. The first kappa shape index (κ1) is 9.12. The van der Waals surface area contributed by atoms with Crippen LogP contribution in [0.5, 0.6) is 0 Å². The maximum atomic E-state index is 13.8. The number of hydrogen-bond acceptors (Lipinski definition) is 2. The second-order valence-corrected chi connectivity index (χ2v) is 3.14. The Hall–Kier alpha value is -1.45. The van der Waals surface area contributed by atoms with Crippen LogP contribution in [0.1, 0.15) is 5.56 Å². The van der Waals surface area contributed by atoms with Crippen LogP contribution in [0.2, 0.25) is 0 Å². The summed E-state index contributed by atoms with van der Waals surface area (Å²) >= 11 is 0. The van der Waals surface area contributed by atoms with Crippen molar-refractivity contribution >= 4 is 10.8 Å². The Morgan fingerprint density at radius 2 is 1.93 bits per heavy atom. The Labute approximate surface area is 81.5 Å². The van der Waals surface area contributed by atoms with E-state index in [1.165, 1.54) is 0 Å². The maximum absolute atomic E-state index is 13.8. The molecule has 0 aliphatic carbocycles. The molecule has 2 aromatic carbocycles. The van der Waals surface area contributed by atoms with Gasteiger partial charge in [0.25, 0.3) is 0 Å². The highest BCUT2D eigenvalue weighted by Crippen LogP contribution is 2.20. The second-order valence-electron chi connectivity index (χ2n) is 3.14. The number of nitrogens with one attached hydrogen (secondary N) is 1. The number of benzene rings is 2. The van der Waals surface area contributed by atoms with Crippen molar-refractivity contribution in [2.24, 2.45) is 5.84 Å². The van der Waals surface area contributed by atoms with E-state index in [1.807, 2.05) is 24.3 Å². The number of halogens is 1. The molecule has 0 aliphatic heterocycles. The van der Waals surface area contributed by atoms with E-state index in [0.29, 0.717) is 17.5 Å². The Bertz CT molecular complexity index is 454. The Morgan fingerprint density at radius 3 is 2.71 bits per heavy atom. The number of fused-ring (bicyclic) bond motifs is 1. The van der Waals surface area contributed by atoms with Gasteiger partial charge in [0.15, 0.2) is 0 Å². The highest BCUT2D eigenvalue weighted by Gasteiger charge is 2.05. The fraction of sp³-hybridized carbons (Fsp3) is 0.0909. The minimum atomic E-state index is -0.193. The van der Waals surface area contributed by atoms with Gasteiger partial charge in [0.05, 0.1) is 0 Å². The van der Waals surface area contributed by atoms with Crippen LogP contribution in [0.3, 0.4) is 0 Å². The molecule has 0 atom stereocenters. The standard InChI is InChI=1S/C11H11FN2/c12-11-9(7-14-13)6-5-8-3-1-2-4-10(8)11/h1-6,14H,7,13H2. The van der Waals surface area contributed by atoms with Crippen LogP contribution in [0.4, 0.5) is 4.39 Å². The lowest BCUT2D eigenvalue weighted by molar-refractivity contribution is 0.605. The zero-order valence-corrected chi connectivity index (χ0v) is 7.63. The molecule has 0 saturated heterocycles. The lowest BCUT2D eigenvalue weighted by Crippen LogP contribution is -2.21. The molecule has 0 aromatic heterocycles. The largest absolute Gasteiger partial charge is 0.271 e. The van der Waals surface area contributed by atoms with Gasteiger partial charge in [-0.25, -0.2) is 4.39 Å². The zero-order valence-electron chi connectivity index (χ0n) is 7.63. The molecule has 2 rings (SSSR count). The van der Waals surface area contributed by atoms with E-state index in [4.69, 9.17) is 5.84 Å². The third-order valence-electron chi connectivity index (χ3n) is 2.24. The van der Waals surface area contributed by atoms with Gasteiger partial charge in [0, 0.05) is 17.5 Å². The topological polar surface area (TPSA) is 38.0 Å². The van der Waals surface area contributed by atoms with Crippen LogP contribution in [0, 0.1) is 5.82 Å². The van der Waals surface area contributed by atoms with Crippen molar-refractivity contribution in [1.29, 1.82) is 0 Å². The van der Waals surface area contributed by atoms with Gasteiger partial charge in [-0.3, -0.25) is 11.3 Å². The summed E-state index contributed by atoms with van der Waals surface area (Å²) in [5.41, 5.74) is 3.04. The highest BCUT2D eigenvalue weighted by molar-refractivity contribution is 5.83. The lowest BCUT2D eigenvalue weighted by atomic mass is 10.1. The first-order valence-corrected chi connectivity index (χ1v) is 4.42. The normalized spacial score (nSPS) is 10.7. The minimum absolute atomic E-state index is 0.193. The molecule has 0 spiro atoms. The summed E-state index contributed by atoms with van der Waals surface area (Å²) in [6.45, 7) is 0.344. The molecule has 0 unspecified atom stereocenters. The second kappa shape index (κ2) is 3.74. The molecule has 0 amide bonds. The number of rotatable bonds is 2. The van der Waals surface area contributed by atoms with E-state index >= 15 is 0 Å². The van der Waals surface area contributed by atoms with Crippen LogP contribution < -0.4 is 11.3 Å². The summed E-state index contributed by atoms with van der Waals surface area (Å²) in [4.78, 5) is 0. The van der Waals surface area contributed by atoms with E-state index in [2.05, 4.69) is 5.43 Å². The predicted octanol–water partition coefficient (Wildman–Crippen LogP) is 1.94. The van der Waals surface area contributed by atoms with Crippen LogP contribution in [-0.4, -0.2) is 0 Å².